The zero-order valence-corrected chi connectivity index (χ0v) is 20.5. The summed E-state index contributed by atoms with van der Waals surface area (Å²) in [6.45, 7) is 7.43. The second-order valence-electron chi connectivity index (χ2n) is 10.4. The number of likely N-dealkylation sites (N-methyl/N-ethyl adjacent to an activating group) is 1. The van der Waals surface area contributed by atoms with Crippen molar-refractivity contribution in [3.8, 4) is 6.07 Å². The Labute approximate surface area is 199 Å². The average molecular weight is 479 g/mol. The molecule has 1 aromatic rings. The zero-order valence-electron chi connectivity index (χ0n) is 20.5. The maximum atomic E-state index is 13.6. The average Bonchev–Trinajstić information content (AvgIpc) is 3.16. The van der Waals surface area contributed by atoms with Crippen LogP contribution in [0, 0.1) is 22.2 Å². The van der Waals surface area contributed by atoms with Crippen LogP contribution in [-0.4, -0.2) is 61.4 Å². The molecule has 6 nitrogen and oxygen atoms in total. The third-order valence-corrected chi connectivity index (χ3v) is 7.57. The SMILES string of the molecule is CCC(C)(C)C(=O)N1CCC2(CC1)CC(C(=O)N(C)C)N(c1ccc(C#N)c(C(F)(F)F)c1)C2. The van der Waals surface area contributed by atoms with Gasteiger partial charge in [-0.1, -0.05) is 20.8 Å². The third-order valence-electron chi connectivity index (χ3n) is 7.57. The molecule has 2 amide bonds. The van der Waals surface area contributed by atoms with Crippen LogP contribution in [0.1, 0.15) is 57.6 Å². The van der Waals surface area contributed by atoms with Crippen molar-refractivity contribution in [2.75, 3.05) is 38.6 Å². The molecule has 2 aliphatic heterocycles. The van der Waals surface area contributed by atoms with E-state index in [1.54, 1.807) is 25.1 Å². The predicted octanol–water partition coefficient (Wildman–Crippen LogP) is 4.29. The first-order valence-corrected chi connectivity index (χ1v) is 11.6. The summed E-state index contributed by atoms with van der Waals surface area (Å²) in [6.07, 6.45) is -2.04. The molecule has 2 saturated heterocycles. The Morgan fingerprint density at radius 1 is 1.21 bits per heavy atom. The van der Waals surface area contributed by atoms with Gasteiger partial charge in [0.05, 0.1) is 17.2 Å². The Bertz CT molecular complexity index is 989. The van der Waals surface area contributed by atoms with Crippen LogP contribution in [0.5, 0.6) is 0 Å². The van der Waals surface area contributed by atoms with E-state index in [4.69, 9.17) is 5.26 Å². The Hall–Kier alpha value is -2.76. The summed E-state index contributed by atoms with van der Waals surface area (Å²) in [5.41, 5.74) is -1.85. The van der Waals surface area contributed by atoms with Gasteiger partial charge in [-0.15, -0.1) is 0 Å². The van der Waals surface area contributed by atoms with Gasteiger partial charge in [0.1, 0.15) is 6.04 Å². The fourth-order valence-corrected chi connectivity index (χ4v) is 5.01. The molecule has 0 radical (unpaired) electrons. The number of rotatable bonds is 4. The number of alkyl halides is 3. The maximum Gasteiger partial charge on any atom is 0.417 e. The molecule has 1 atom stereocenters. The second-order valence-corrected chi connectivity index (χ2v) is 10.4. The molecule has 34 heavy (non-hydrogen) atoms. The number of nitriles is 1. The summed E-state index contributed by atoms with van der Waals surface area (Å²) in [6, 6.07) is 4.66. The molecule has 1 aromatic carbocycles. The van der Waals surface area contributed by atoms with Gasteiger partial charge in [-0.25, -0.2) is 0 Å². The summed E-state index contributed by atoms with van der Waals surface area (Å²) in [5.74, 6) is -0.0528. The molecule has 9 heteroatoms. The quantitative estimate of drug-likeness (QED) is 0.648. The van der Waals surface area contributed by atoms with Crippen LogP contribution in [0.25, 0.3) is 0 Å². The topological polar surface area (TPSA) is 67.7 Å². The van der Waals surface area contributed by atoms with Crippen molar-refractivity contribution in [3.05, 3.63) is 29.3 Å². The Kier molecular flexibility index (Phi) is 6.94. The number of carbonyl (C=O) groups is 2. The van der Waals surface area contributed by atoms with Gasteiger partial charge in [0.25, 0.3) is 0 Å². The number of amides is 2. The number of piperidine rings is 1. The molecule has 0 N–H and O–H groups in total. The highest BCUT2D eigenvalue weighted by Gasteiger charge is 2.50. The summed E-state index contributed by atoms with van der Waals surface area (Å²) >= 11 is 0. The lowest BCUT2D eigenvalue weighted by molar-refractivity contribution is -0.143. The molecule has 0 aliphatic carbocycles. The van der Waals surface area contributed by atoms with Gasteiger partial charge >= 0.3 is 6.18 Å². The van der Waals surface area contributed by atoms with Gasteiger partial charge in [-0.05, 0) is 49.3 Å². The van der Waals surface area contributed by atoms with E-state index in [-0.39, 0.29) is 22.9 Å². The first-order valence-electron chi connectivity index (χ1n) is 11.6. The van der Waals surface area contributed by atoms with Crippen molar-refractivity contribution in [1.29, 1.82) is 5.26 Å². The Morgan fingerprint density at radius 2 is 1.82 bits per heavy atom. The van der Waals surface area contributed by atoms with Gasteiger partial charge in [0.2, 0.25) is 11.8 Å². The summed E-state index contributed by atoms with van der Waals surface area (Å²) in [4.78, 5) is 31.1. The summed E-state index contributed by atoms with van der Waals surface area (Å²) in [5, 5.41) is 9.14. The van der Waals surface area contributed by atoms with E-state index in [0.29, 0.717) is 38.9 Å². The highest BCUT2D eigenvalue weighted by molar-refractivity contribution is 5.86. The van der Waals surface area contributed by atoms with E-state index in [1.165, 1.54) is 17.0 Å². The Balaban J connectivity index is 1.90. The van der Waals surface area contributed by atoms with Crippen LogP contribution in [-0.2, 0) is 15.8 Å². The molecular weight excluding hydrogens is 445 g/mol. The van der Waals surface area contributed by atoms with Crippen molar-refractivity contribution < 1.29 is 22.8 Å². The van der Waals surface area contributed by atoms with Gasteiger partial charge in [0.15, 0.2) is 0 Å². The standard InChI is InChI=1S/C25H33F3N4O2/c1-6-23(2,3)22(34)31-11-9-24(10-12-31)14-20(21(33)30(4)5)32(16-24)18-8-7-17(15-29)19(13-18)25(26,27)28/h7-8,13,20H,6,9-12,14,16H2,1-5H3. The number of anilines is 1. The number of benzene rings is 1. The fourth-order valence-electron chi connectivity index (χ4n) is 5.01. The second kappa shape index (κ2) is 9.12. The van der Waals surface area contributed by atoms with Crippen LogP contribution < -0.4 is 4.90 Å². The van der Waals surface area contributed by atoms with E-state index in [0.717, 1.165) is 12.5 Å². The summed E-state index contributed by atoms with van der Waals surface area (Å²) in [7, 11) is 3.28. The molecule has 1 spiro atoms. The molecule has 2 heterocycles. The van der Waals surface area contributed by atoms with E-state index >= 15 is 0 Å². The molecule has 1 unspecified atom stereocenters. The minimum atomic E-state index is -4.67. The van der Waals surface area contributed by atoms with Crippen LogP contribution in [0.15, 0.2) is 18.2 Å². The van der Waals surface area contributed by atoms with E-state index in [2.05, 4.69) is 0 Å². The minimum absolute atomic E-state index is 0.113. The number of carbonyl (C=O) groups excluding carboxylic acids is 2. The van der Waals surface area contributed by atoms with E-state index in [1.807, 2.05) is 25.7 Å². The molecular formula is C25H33F3N4O2. The maximum absolute atomic E-state index is 13.6. The van der Waals surface area contributed by atoms with Crippen molar-refractivity contribution in [2.45, 2.75) is 58.7 Å². The Morgan fingerprint density at radius 3 is 2.32 bits per heavy atom. The monoisotopic (exact) mass is 478 g/mol. The predicted molar refractivity (Wildman–Crippen MR) is 123 cm³/mol. The van der Waals surface area contributed by atoms with Crippen LogP contribution in [0.4, 0.5) is 18.9 Å². The number of halogens is 3. The molecule has 186 valence electrons. The number of hydrogen-bond acceptors (Lipinski definition) is 4. The van der Waals surface area contributed by atoms with Gasteiger partial charge < -0.3 is 14.7 Å². The molecule has 0 saturated carbocycles. The van der Waals surface area contributed by atoms with Crippen LogP contribution in [0.3, 0.4) is 0 Å². The molecule has 0 bridgehead atoms. The summed E-state index contributed by atoms with van der Waals surface area (Å²) < 4.78 is 40.8. The van der Waals surface area contributed by atoms with Crippen LogP contribution in [0.2, 0.25) is 0 Å². The minimum Gasteiger partial charge on any atom is -0.359 e. The van der Waals surface area contributed by atoms with E-state index < -0.39 is 28.8 Å². The molecule has 2 aliphatic rings. The lowest BCUT2D eigenvalue weighted by Crippen LogP contribution is -2.48. The van der Waals surface area contributed by atoms with Crippen molar-refractivity contribution in [3.63, 3.8) is 0 Å². The van der Waals surface area contributed by atoms with Crippen LogP contribution >= 0.6 is 0 Å². The molecule has 0 aromatic heterocycles. The fraction of sp³-hybridized carbons (Fsp3) is 0.640. The molecule has 3 rings (SSSR count). The first kappa shape index (κ1) is 25.9. The third kappa shape index (κ3) is 4.86. The lowest BCUT2D eigenvalue weighted by Gasteiger charge is -2.41. The number of likely N-dealkylation sites (tertiary alicyclic amines) is 1. The van der Waals surface area contributed by atoms with Crippen molar-refractivity contribution in [2.24, 2.45) is 10.8 Å². The normalized spacial score (nSPS) is 20.4. The lowest BCUT2D eigenvalue weighted by atomic mass is 9.75. The first-order chi connectivity index (χ1) is 15.7. The van der Waals surface area contributed by atoms with Gasteiger partial charge in [-0.3, -0.25) is 9.59 Å². The van der Waals surface area contributed by atoms with Crippen molar-refractivity contribution in [1.82, 2.24) is 9.80 Å². The molecule has 2 fully saturated rings. The van der Waals surface area contributed by atoms with E-state index in [9.17, 15) is 22.8 Å². The van der Waals surface area contributed by atoms with Crippen molar-refractivity contribution >= 4 is 17.5 Å². The zero-order chi connectivity index (χ0) is 25.5. The number of nitrogens with zero attached hydrogens (tertiary/aromatic N) is 4. The highest BCUT2D eigenvalue weighted by Crippen LogP contribution is 2.47. The largest absolute Gasteiger partial charge is 0.417 e. The number of hydrogen-bond donors (Lipinski definition) is 0. The smallest absolute Gasteiger partial charge is 0.359 e. The van der Waals surface area contributed by atoms with Gasteiger partial charge in [-0.2, -0.15) is 18.4 Å². The van der Waals surface area contributed by atoms with Gasteiger partial charge in [0, 0.05) is 44.8 Å². The highest BCUT2D eigenvalue weighted by atomic mass is 19.4.